The Morgan fingerprint density at radius 3 is 2.50 bits per heavy atom. The van der Waals surface area contributed by atoms with Gasteiger partial charge in [-0.05, 0) is 56.9 Å². The normalized spacial score (nSPS) is 15.3. The standard InChI is InChI=1S/C26H30N4O2/c1-18-9-10-23(19(2)17-18)20(3)29-25(31)21-11-15-30(16-12-21)24-26(28-14-13-27-24)32-22-7-5-4-6-8-22/h4-10,13-14,17,20-21H,11-12,15-16H2,1-3H3,(H,29,31)/t20-/m0/s1. The van der Waals surface area contributed by atoms with Crippen molar-refractivity contribution in [1.82, 2.24) is 15.3 Å². The number of aromatic nitrogens is 2. The maximum absolute atomic E-state index is 12.9. The molecule has 1 aromatic heterocycles. The molecule has 166 valence electrons. The Labute approximate surface area is 189 Å². The van der Waals surface area contributed by atoms with Crippen LogP contribution in [0.2, 0.25) is 0 Å². The summed E-state index contributed by atoms with van der Waals surface area (Å²) in [5.74, 6) is 2.06. The number of carbonyl (C=O) groups is 1. The summed E-state index contributed by atoms with van der Waals surface area (Å²) < 4.78 is 5.96. The molecule has 32 heavy (non-hydrogen) atoms. The highest BCUT2D eigenvalue weighted by Crippen LogP contribution is 2.31. The van der Waals surface area contributed by atoms with Crippen molar-refractivity contribution in [2.45, 2.75) is 39.7 Å². The van der Waals surface area contributed by atoms with Crippen LogP contribution in [0.15, 0.2) is 60.9 Å². The van der Waals surface area contributed by atoms with Crippen LogP contribution in [0.5, 0.6) is 11.6 Å². The molecule has 0 radical (unpaired) electrons. The molecule has 1 aliphatic rings. The van der Waals surface area contributed by atoms with Gasteiger partial charge in [-0.1, -0.05) is 42.0 Å². The summed E-state index contributed by atoms with van der Waals surface area (Å²) in [6.45, 7) is 7.71. The minimum Gasteiger partial charge on any atom is -0.436 e. The summed E-state index contributed by atoms with van der Waals surface area (Å²) in [5.41, 5.74) is 3.61. The molecule has 0 aliphatic carbocycles. The first kappa shape index (κ1) is 21.8. The fourth-order valence-electron chi connectivity index (χ4n) is 4.28. The average molecular weight is 431 g/mol. The van der Waals surface area contributed by atoms with Crippen molar-refractivity contribution < 1.29 is 9.53 Å². The number of piperidine rings is 1. The molecule has 1 atom stereocenters. The van der Waals surface area contributed by atoms with Crippen molar-refractivity contribution >= 4 is 11.7 Å². The van der Waals surface area contributed by atoms with Gasteiger partial charge in [-0.15, -0.1) is 0 Å². The smallest absolute Gasteiger partial charge is 0.263 e. The Morgan fingerprint density at radius 1 is 1.06 bits per heavy atom. The molecule has 6 heteroatoms. The SMILES string of the molecule is Cc1ccc([C@H](C)NC(=O)C2CCN(c3nccnc3Oc3ccccc3)CC2)c(C)c1. The zero-order chi connectivity index (χ0) is 22.5. The van der Waals surface area contributed by atoms with Crippen molar-refractivity contribution in [1.29, 1.82) is 0 Å². The number of ether oxygens (including phenoxy) is 1. The van der Waals surface area contributed by atoms with Crippen molar-refractivity contribution in [2.24, 2.45) is 5.92 Å². The second-order valence-electron chi connectivity index (χ2n) is 8.45. The van der Waals surface area contributed by atoms with E-state index in [9.17, 15) is 4.79 Å². The number of nitrogens with zero attached hydrogens (tertiary/aromatic N) is 3. The van der Waals surface area contributed by atoms with E-state index in [1.807, 2.05) is 30.3 Å². The van der Waals surface area contributed by atoms with Gasteiger partial charge in [0.2, 0.25) is 5.91 Å². The van der Waals surface area contributed by atoms with Gasteiger partial charge in [0, 0.05) is 31.4 Å². The molecular weight excluding hydrogens is 400 g/mol. The molecule has 3 aromatic rings. The van der Waals surface area contributed by atoms with E-state index < -0.39 is 0 Å². The Kier molecular flexibility index (Phi) is 6.69. The summed E-state index contributed by atoms with van der Waals surface area (Å²) in [6, 6.07) is 15.9. The van der Waals surface area contributed by atoms with Crippen LogP contribution in [0.3, 0.4) is 0 Å². The first-order valence-corrected chi connectivity index (χ1v) is 11.2. The predicted molar refractivity (Wildman–Crippen MR) is 126 cm³/mol. The lowest BCUT2D eigenvalue weighted by Gasteiger charge is -2.33. The molecule has 0 bridgehead atoms. The number of nitrogens with one attached hydrogen (secondary N) is 1. The van der Waals surface area contributed by atoms with Gasteiger partial charge in [0.05, 0.1) is 6.04 Å². The lowest BCUT2D eigenvalue weighted by atomic mass is 9.94. The molecule has 0 spiro atoms. The third-order valence-electron chi connectivity index (χ3n) is 6.02. The van der Waals surface area contributed by atoms with E-state index in [0.29, 0.717) is 5.88 Å². The number of benzene rings is 2. The molecule has 2 heterocycles. The minimum atomic E-state index is -0.00741. The van der Waals surface area contributed by atoms with Crippen LogP contribution in [0.4, 0.5) is 5.82 Å². The zero-order valence-electron chi connectivity index (χ0n) is 18.9. The van der Waals surface area contributed by atoms with E-state index in [1.165, 1.54) is 16.7 Å². The average Bonchev–Trinajstić information content (AvgIpc) is 2.80. The van der Waals surface area contributed by atoms with Crippen LogP contribution in [-0.4, -0.2) is 29.0 Å². The molecule has 6 nitrogen and oxygen atoms in total. The summed E-state index contributed by atoms with van der Waals surface area (Å²) in [5, 5.41) is 3.21. The maximum Gasteiger partial charge on any atom is 0.263 e. The van der Waals surface area contributed by atoms with Crippen LogP contribution in [-0.2, 0) is 4.79 Å². The Morgan fingerprint density at radius 2 is 1.78 bits per heavy atom. The number of aryl methyl sites for hydroxylation is 2. The van der Waals surface area contributed by atoms with Crippen LogP contribution in [0.1, 0.15) is 42.5 Å². The minimum absolute atomic E-state index is 0.00498. The molecule has 1 fully saturated rings. The van der Waals surface area contributed by atoms with Crippen LogP contribution < -0.4 is 15.0 Å². The number of carbonyl (C=O) groups excluding carboxylic acids is 1. The van der Waals surface area contributed by atoms with Gasteiger partial charge < -0.3 is 15.0 Å². The second kappa shape index (κ2) is 9.81. The number of para-hydroxylation sites is 1. The molecule has 4 rings (SSSR count). The van der Waals surface area contributed by atoms with Crippen molar-refractivity contribution in [3.05, 3.63) is 77.6 Å². The Hall–Kier alpha value is -3.41. The molecule has 1 aliphatic heterocycles. The van der Waals surface area contributed by atoms with E-state index >= 15 is 0 Å². The predicted octanol–water partition coefficient (Wildman–Crippen LogP) is 4.98. The van der Waals surface area contributed by atoms with E-state index in [-0.39, 0.29) is 17.9 Å². The third-order valence-corrected chi connectivity index (χ3v) is 6.02. The molecular formula is C26H30N4O2. The van der Waals surface area contributed by atoms with Crippen molar-refractivity contribution in [3.63, 3.8) is 0 Å². The first-order chi connectivity index (χ1) is 15.5. The number of hydrogen-bond donors (Lipinski definition) is 1. The highest BCUT2D eigenvalue weighted by Gasteiger charge is 2.28. The monoisotopic (exact) mass is 430 g/mol. The molecule has 0 saturated carbocycles. The zero-order valence-corrected chi connectivity index (χ0v) is 18.9. The van der Waals surface area contributed by atoms with E-state index in [4.69, 9.17) is 4.74 Å². The quantitative estimate of drug-likeness (QED) is 0.597. The maximum atomic E-state index is 12.9. The van der Waals surface area contributed by atoms with Gasteiger partial charge in [-0.3, -0.25) is 4.79 Å². The fraction of sp³-hybridized carbons (Fsp3) is 0.346. The summed E-state index contributed by atoms with van der Waals surface area (Å²) in [6.07, 6.45) is 4.85. The first-order valence-electron chi connectivity index (χ1n) is 11.2. The number of anilines is 1. The molecule has 0 unspecified atom stereocenters. The summed E-state index contributed by atoms with van der Waals surface area (Å²) >= 11 is 0. The summed E-state index contributed by atoms with van der Waals surface area (Å²) in [7, 11) is 0. The highest BCUT2D eigenvalue weighted by molar-refractivity contribution is 5.79. The molecule has 1 saturated heterocycles. The van der Waals surface area contributed by atoms with Gasteiger partial charge in [0.25, 0.3) is 5.88 Å². The topological polar surface area (TPSA) is 67.4 Å². The van der Waals surface area contributed by atoms with Crippen LogP contribution in [0.25, 0.3) is 0 Å². The van der Waals surface area contributed by atoms with Gasteiger partial charge in [0.15, 0.2) is 5.82 Å². The van der Waals surface area contributed by atoms with Gasteiger partial charge in [0.1, 0.15) is 5.75 Å². The fourth-order valence-corrected chi connectivity index (χ4v) is 4.28. The molecule has 1 amide bonds. The largest absolute Gasteiger partial charge is 0.436 e. The highest BCUT2D eigenvalue weighted by atomic mass is 16.5. The number of rotatable bonds is 6. The van der Waals surface area contributed by atoms with Gasteiger partial charge in [-0.25, -0.2) is 9.97 Å². The Balaban J connectivity index is 1.37. The van der Waals surface area contributed by atoms with Gasteiger partial charge in [-0.2, -0.15) is 0 Å². The summed E-state index contributed by atoms with van der Waals surface area (Å²) in [4.78, 5) is 24.0. The third kappa shape index (κ3) is 5.07. The molecule has 2 aromatic carbocycles. The number of hydrogen-bond acceptors (Lipinski definition) is 5. The van der Waals surface area contributed by atoms with Crippen LogP contribution >= 0.6 is 0 Å². The van der Waals surface area contributed by atoms with E-state index in [1.54, 1.807) is 12.4 Å². The lowest BCUT2D eigenvalue weighted by Crippen LogP contribution is -2.41. The van der Waals surface area contributed by atoms with E-state index in [2.05, 4.69) is 59.2 Å². The Bertz CT molecular complexity index is 1060. The van der Waals surface area contributed by atoms with E-state index in [0.717, 1.165) is 37.5 Å². The number of amides is 1. The van der Waals surface area contributed by atoms with Crippen molar-refractivity contribution in [2.75, 3.05) is 18.0 Å². The second-order valence-corrected chi connectivity index (χ2v) is 8.45. The van der Waals surface area contributed by atoms with Crippen molar-refractivity contribution in [3.8, 4) is 11.6 Å². The van der Waals surface area contributed by atoms with Crippen LogP contribution in [0, 0.1) is 19.8 Å². The molecule has 1 N–H and O–H groups in total. The van der Waals surface area contributed by atoms with Gasteiger partial charge >= 0.3 is 0 Å². The lowest BCUT2D eigenvalue weighted by molar-refractivity contribution is -0.126.